The lowest BCUT2D eigenvalue weighted by Gasteiger charge is -2.40. The third kappa shape index (κ3) is 9.20. The molecule has 2 aromatic carbocycles. The minimum absolute atomic E-state index is 0.0323. The Hall–Kier alpha value is -3.19. The number of amides is 1. The summed E-state index contributed by atoms with van der Waals surface area (Å²) in [5, 5.41) is 3.25. The number of carbonyl (C=O) groups is 3. The molecule has 212 valence electrons. The Morgan fingerprint density at radius 3 is 2.08 bits per heavy atom. The first kappa shape index (κ1) is 30.4. The van der Waals surface area contributed by atoms with Crippen molar-refractivity contribution >= 4 is 17.8 Å². The zero-order valence-corrected chi connectivity index (χ0v) is 23.6. The summed E-state index contributed by atoms with van der Waals surface area (Å²) in [7, 11) is 0. The van der Waals surface area contributed by atoms with E-state index in [-0.39, 0.29) is 31.1 Å². The molecule has 1 amide bonds. The highest BCUT2D eigenvalue weighted by atomic mass is 16.5. The molecule has 3 atom stereocenters. The Labute approximate surface area is 233 Å². The molecule has 0 aliphatic heterocycles. The predicted molar refractivity (Wildman–Crippen MR) is 152 cm³/mol. The number of aryl methyl sites for hydroxylation is 1. The molecule has 0 bridgehead atoms. The number of carbonyl (C=O) groups excluding carboxylic acids is 3. The summed E-state index contributed by atoms with van der Waals surface area (Å²) in [5.41, 5.74) is 2.02. The minimum atomic E-state index is -0.682. The number of nitrogens with one attached hydrogen (secondary N) is 1. The number of hydrogen-bond acceptors (Lipinski definition) is 6. The van der Waals surface area contributed by atoms with Crippen molar-refractivity contribution in [3.05, 3.63) is 71.8 Å². The average molecular weight is 537 g/mol. The summed E-state index contributed by atoms with van der Waals surface area (Å²) in [6, 6.07) is 17.5. The SMILES string of the molecule is CCOC(=O)[C@H](CCc1ccccc1)N[C@@H](C)C(=O)N(C1CCCCC1)[C@H](CC)C(=O)OCc1ccccc1. The molecule has 1 N–H and O–H groups in total. The second-order valence-corrected chi connectivity index (χ2v) is 10.3. The van der Waals surface area contributed by atoms with Gasteiger partial charge in [-0.25, -0.2) is 4.79 Å². The van der Waals surface area contributed by atoms with E-state index in [0.29, 0.717) is 19.3 Å². The molecule has 0 heterocycles. The lowest BCUT2D eigenvalue weighted by Crippen LogP contribution is -2.58. The third-order valence-electron chi connectivity index (χ3n) is 7.40. The van der Waals surface area contributed by atoms with Crippen molar-refractivity contribution in [2.75, 3.05) is 6.61 Å². The van der Waals surface area contributed by atoms with Crippen LogP contribution in [0.25, 0.3) is 0 Å². The quantitative estimate of drug-likeness (QED) is 0.334. The smallest absolute Gasteiger partial charge is 0.329 e. The van der Waals surface area contributed by atoms with Gasteiger partial charge in [0.2, 0.25) is 5.91 Å². The van der Waals surface area contributed by atoms with Crippen molar-refractivity contribution in [1.29, 1.82) is 0 Å². The molecule has 0 unspecified atom stereocenters. The van der Waals surface area contributed by atoms with Crippen LogP contribution >= 0.6 is 0 Å². The number of nitrogens with zero attached hydrogens (tertiary/aromatic N) is 1. The van der Waals surface area contributed by atoms with E-state index in [2.05, 4.69) is 5.32 Å². The van der Waals surface area contributed by atoms with Gasteiger partial charge >= 0.3 is 11.9 Å². The lowest BCUT2D eigenvalue weighted by molar-refractivity contribution is -0.160. The molecular weight excluding hydrogens is 492 g/mol. The van der Waals surface area contributed by atoms with Gasteiger partial charge in [-0.2, -0.15) is 0 Å². The monoisotopic (exact) mass is 536 g/mol. The second kappa shape index (κ2) is 16.0. The van der Waals surface area contributed by atoms with Crippen LogP contribution in [0.5, 0.6) is 0 Å². The topological polar surface area (TPSA) is 84.9 Å². The number of rotatable bonds is 14. The number of benzene rings is 2. The Morgan fingerprint density at radius 1 is 0.872 bits per heavy atom. The number of ether oxygens (including phenoxy) is 2. The van der Waals surface area contributed by atoms with Gasteiger partial charge in [0, 0.05) is 6.04 Å². The highest BCUT2D eigenvalue weighted by molar-refractivity contribution is 5.88. The molecule has 1 saturated carbocycles. The Morgan fingerprint density at radius 2 is 1.49 bits per heavy atom. The maximum Gasteiger partial charge on any atom is 0.329 e. The molecule has 1 fully saturated rings. The fourth-order valence-electron chi connectivity index (χ4n) is 5.31. The van der Waals surface area contributed by atoms with E-state index in [1.807, 2.05) is 67.6 Å². The molecule has 0 aromatic heterocycles. The standard InChI is InChI=1S/C32H44N2O5/c1-4-29(32(37)39-23-26-17-11-7-12-18-26)34(27-19-13-8-14-20-27)30(35)24(3)33-28(31(36)38-5-2)22-21-25-15-9-6-10-16-25/h6-7,9-12,15-18,24,27-29,33H,4-5,8,13-14,19-23H2,1-3H3/t24-,28-,29+/m0/s1. The molecule has 39 heavy (non-hydrogen) atoms. The van der Waals surface area contributed by atoms with Gasteiger partial charge in [-0.1, -0.05) is 86.8 Å². The molecule has 1 aliphatic rings. The predicted octanol–water partition coefficient (Wildman–Crippen LogP) is 5.21. The van der Waals surface area contributed by atoms with Crippen molar-refractivity contribution in [1.82, 2.24) is 10.2 Å². The average Bonchev–Trinajstić information content (AvgIpc) is 2.97. The molecule has 0 saturated heterocycles. The maximum absolute atomic E-state index is 14.0. The van der Waals surface area contributed by atoms with Crippen LogP contribution in [0.15, 0.2) is 60.7 Å². The summed E-state index contributed by atoms with van der Waals surface area (Å²) < 4.78 is 11.0. The Bertz CT molecular complexity index is 1020. The molecule has 7 nitrogen and oxygen atoms in total. The minimum Gasteiger partial charge on any atom is -0.465 e. The largest absolute Gasteiger partial charge is 0.465 e. The van der Waals surface area contributed by atoms with E-state index in [4.69, 9.17) is 9.47 Å². The van der Waals surface area contributed by atoms with Crippen LogP contribution in [0.3, 0.4) is 0 Å². The fraction of sp³-hybridized carbons (Fsp3) is 0.531. The molecule has 0 spiro atoms. The second-order valence-electron chi connectivity index (χ2n) is 10.3. The molecular formula is C32H44N2O5. The molecule has 2 aromatic rings. The third-order valence-corrected chi connectivity index (χ3v) is 7.40. The first-order valence-electron chi connectivity index (χ1n) is 14.4. The Balaban J connectivity index is 1.75. The van der Waals surface area contributed by atoms with Crippen molar-refractivity contribution in [3.8, 4) is 0 Å². The zero-order valence-electron chi connectivity index (χ0n) is 23.6. The van der Waals surface area contributed by atoms with Gasteiger partial charge in [-0.15, -0.1) is 0 Å². The van der Waals surface area contributed by atoms with Crippen molar-refractivity contribution in [2.24, 2.45) is 0 Å². The number of esters is 2. The van der Waals surface area contributed by atoms with E-state index in [1.165, 1.54) is 0 Å². The van der Waals surface area contributed by atoms with Crippen LogP contribution < -0.4 is 5.32 Å². The summed E-state index contributed by atoms with van der Waals surface area (Å²) in [6.45, 7) is 5.90. The van der Waals surface area contributed by atoms with E-state index in [0.717, 1.165) is 43.2 Å². The van der Waals surface area contributed by atoms with E-state index in [1.54, 1.807) is 18.7 Å². The van der Waals surface area contributed by atoms with Crippen molar-refractivity contribution < 1.29 is 23.9 Å². The van der Waals surface area contributed by atoms with Gasteiger partial charge in [-0.3, -0.25) is 14.9 Å². The van der Waals surface area contributed by atoms with E-state index < -0.39 is 24.1 Å². The van der Waals surface area contributed by atoms with Crippen LogP contribution in [-0.2, 0) is 36.9 Å². The van der Waals surface area contributed by atoms with Gasteiger partial charge in [0.25, 0.3) is 0 Å². The van der Waals surface area contributed by atoms with E-state index >= 15 is 0 Å². The molecule has 1 aliphatic carbocycles. The normalized spacial score (nSPS) is 16.1. The Kier molecular flexibility index (Phi) is 12.5. The molecule has 0 radical (unpaired) electrons. The lowest BCUT2D eigenvalue weighted by atomic mass is 9.92. The van der Waals surface area contributed by atoms with Crippen LogP contribution in [0.1, 0.15) is 76.8 Å². The first-order valence-corrected chi connectivity index (χ1v) is 14.4. The summed E-state index contributed by atoms with van der Waals surface area (Å²) in [5.74, 6) is -0.940. The zero-order chi connectivity index (χ0) is 28.0. The van der Waals surface area contributed by atoms with Crippen LogP contribution in [0.2, 0.25) is 0 Å². The highest BCUT2D eigenvalue weighted by Crippen LogP contribution is 2.27. The van der Waals surface area contributed by atoms with Crippen LogP contribution in [0.4, 0.5) is 0 Å². The summed E-state index contributed by atoms with van der Waals surface area (Å²) in [4.78, 5) is 41.9. The van der Waals surface area contributed by atoms with Crippen LogP contribution in [-0.4, -0.2) is 53.5 Å². The maximum atomic E-state index is 14.0. The molecule has 7 heteroatoms. The fourth-order valence-corrected chi connectivity index (χ4v) is 5.31. The van der Waals surface area contributed by atoms with Crippen molar-refractivity contribution in [2.45, 2.75) is 103 Å². The molecule has 3 rings (SSSR count). The van der Waals surface area contributed by atoms with Gasteiger partial charge in [-0.05, 0) is 57.1 Å². The van der Waals surface area contributed by atoms with Gasteiger partial charge in [0.05, 0.1) is 12.6 Å². The van der Waals surface area contributed by atoms with Gasteiger partial charge < -0.3 is 14.4 Å². The van der Waals surface area contributed by atoms with Gasteiger partial charge in [0.15, 0.2) is 0 Å². The van der Waals surface area contributed by atoms with Crippen LogP contribution in [0, 0.1) is 0 Å². The first-order chi connectivity index (χ1) is 18.9. The number of hydrogen-bond donors (Lipinski definition) is 1. The summed E-state index contributed by atoms with van der Waals surface area (Å²) in [6.07, 6.45) is 6.52. The highest BCUT2D eigenvalue weighted by Gasteiger charge is 2.38. The van der Waals surface area contributed by atoms with E-state index in [9.17, 15) is 14.4 Å². The van der Waals surface area contributed by atoms with Crippen molar-refractivity contribution in [3.63, 3.8) is 0 Å². The van der Waals surface area contributed by atoms with Gasteiger partial charge in [0.1, 0.15) is 18.7 Å². The summed E-state index contributed by atoms with van der Waals surface area (Å²) >= 11 is 0.